The summed E-state index contributed by atoms with van der Waals surface area (Å²) >= 11 is 0. The highest BCUT2D eigenvalue weighted by Gasteiger charge is 2.41. The first kappa shape index (κ1) is 15.5. The Bertz CT molecular complexity index is 496. The molecule has 0 spiro atoms. The predicted octanol–water partition coefficient (Wildman–Crippen LogP) is 2.68. The second kappa shape index (κ2) is 6.70. The average molecular weight is 290 g/mol. The number of carboxylic acid groups (broad SMARTS) is 1. The normalized spacial score (nSPS) is 18.7. The molecule has 1 aromatic heterocycles. The van der Waals surface area contributed by atoms with Crippen molar-refractivity contribution in [2.75, 3.05) is 0 Å². The number of nitrogens with zero attached hydrogens (tertiary/aromatic N) is 1. The molecule has 1 atom stereocenters. The van der Waals surface area contributed by atoms with Crippen LogP contribution in [-0.2, 0) is 9.59 Å². The molecule has 5 nitrogen and oxygen atoms in total. The molecule has 5 heteroatoms. The maximum absolute atomic E-state index is 12.2. The van der Waals surface area contributed by atoms with Crippen LogP contribution < -0.4 is 5.32 Å². The van der Waals surface area contributed by atoms with Gasteiger partial charge in [0.1, 0.15) is 0 Å². The molecule has 1 aliphatic carbocycles. The Balaban J connectivity index is 1.98. The first-order valence-corrected chi connectivity index (χ1v) is 7.47. The number of carbonyl (C=O) groups is 2. The van der Waals surface area contributed by atoms with Crippen LogP contribution in [-0.4, -0.2) is 22.0 Å². The molecular weight excluding hydrogens is 268 g/mol. The summed E-state index contributed by atoms with van der Waals surface area (Å²) in [7, 11) is 0. The standard InChI is InChI=1S/C16H22N2O3/c1-12(13-7-3-6-10-17-13)18-14(19)11-16(15(20)21)8-4-2-5-9-16/h3,6-7,10,12H,2,4-5,8-9,11H2,1H3,(H,18,19)(H,20,21)/t12-/m1/s1. The van der Waals surface area contributed by atoms with Crippen molar-refractivity contribution < 1.29 is 14.7 Å². The Hall–Kier alpha value is -1.91. The minimum Gasteiger partial charge on any atom is -0.481 e. The van der Waals surface area contributed by atoms with Crippen LogP contribution in [0.4, 0.5) is 0 Å². The Labute approximate surface area is 124 Å². The van der Waals surface area contributed by atoms with Gasteiger partial charge in [0.25, 0.3) is 0 Å². The van der Waals surface area contributed by atoms with E-state index in [2.05, 4.69) is 10.3 Å². The van der Waals surface area contributed by atoms with Crippen molar-refractivity contribution in [3.8, 4) is 0 Å². The Morgan fingerprint density at radius 3 is 2.62 bits per heavy atom. The number of hydrogen-bond donors (Lipinski definition) is 2. The number of nitrogens with one attached hydrogen (secondary N) is 1. The third-order valence-electron chi connectivity index (χ3n) is 4.27. The topological polar surface area (TPSA) is 79.3 Å². The lowest BCUT2D eigenvalue weighted by Gasteiger charge is -2.32. The van der Waals surface area contributed by atoms with Crippen LogP contribution in [0.1, 0.15) is 57.2 Å². The number of carbonyl (C=O) groups excluding carboxylic acids is 1. The fraction of sp³-hybridized carbons (Fsp3) is 0.562. The van der Waals surface area contributed by atoms with Crippen molar-refractivity contribution >= 4 is 11.9 Å². The van der Waals surface area contributed by atoms with Gasteiger partial charge in [-0.05, 0) is 31.9 Å². The van der Waals surface area contributed by atoms with Crippen LogP contribution in [0.5, 0.6) is 0 Å². The summed E-state index contributed by atoms with van der Waals surface area (Å²) in [5, 5.41) is 12.4. The van der Waals surface area contributed by atoms with Gasteiger partial charge in [0, 0.05) is 12.6 Å². The summed E-state index contributed by atoms with van der Waals surface area (Å²) in [4.78, 5) is 28.0. The summed E-state index contributed by atoms with van der Waals surface area (Å²) in [5.74, 6) is -1.06. The molecule has 1 heterocycles. The van der Waals surface area contributed by atoms with E-state index in [1.54, 1.807) is 6.20 Å². The van der Waals surface area contributed by atoms with Crippen LogP contribution >= 0.6 is 0 Å². The van der Waals surface area contributed by atoms with Crippen molar-refractivity contribution in [2.45, 2.75) is 51.5 Å². The van der Waals surface area contributed by atoms with Gasteiger partial charge in [-0.2, -0.15) is 0 Å². The van der Waals surface area contributed by atoms with E-state index in [1.807, 2.05) is 25.1 Å². The zero-order valence-corrected chi connectivity index (χ0v) is 12.3. The molecule has 0 radical (unpaired) electrons. The number of aromatic nitrogens is 1. The Kier molecular flexibility index (Phi) is 4.94. The second-order valence-electron chi connectivity index (χ2n) is 5.87. The molecule has 1 aromatic rings. The first-order chi connectivity index (χ1) is 10.0. The zero-order chi connectivity index (χ0) is 15.3. The van der Waals surface area contributed by atoms with Crippen molar-refractivity contribution in [1.29, 1.82) is 0 Å². The number of hydrogen-bond acceptors (Lipinski definition) is 3. The lowest BCUT2D eigenvalue weighted by atomic mass is 9.71. The van der Waals surface area contributed by atoms with E-state index in [-0.39, 0.29) is 18.4 Å². The molecule has 114 valence electrons. The van der Waals surface area contributed by atoms with Crippen LogP contribution in [0.2, 0.25) is 0 Å². The monoisotopic (exact) mass is 290 g/mol. The van der Waals surface area contributed by atoms with E-state index in [4.69, 9.17) is 0 Å². The fourth-order valence-electron chi connectivity index (χ4n) is 3.00. The smallest absolute Gasteiger partial charge is 0.310 e. The molecule has 1 aliphatic rings. The van der Waals surface area contributed by atoms with Crippen molar-refractivity contribution in [3.05, 3.63) is 30.1 Å². The van der Waals surface area contributed by atoms with Crippen molar-refractivity contribution in [2.24, 2.45) is 5.41 Å². The van der Waals surface area contributed by atoms with Gasteiger partial charge in [0.05, 0.1) is 17.2 Å². The van der Waals surface area contributed by atoms with Crippen LogP contribution in [0.25, 0.3) is 0 Å². The second-order valence-corrected chi connectivity index (χ2v) is 5.87. The van der Waals surface area contributed by atoms with E-state index in [9.17, 15) is 14.7 Å². The van der Waals surface area contributed by atoms with Crippen molar-refractivity contribution in [3.63, 3.8) is 0 Å². The molecule has 1 saturated carbocycles. The Morgan fingerprint density at radius 1 is 1.33 bits per heavy atom. The molecule has 21 heavy (non-hydrogen) atoms. The molecule has 0 bridgehead atoms. The van der Waals surface area contributed by atoms with Gasteiger partial charge in [0.2, 0.25) is 5.91 Å². The maximum Gasteiger partial charge on any atom is 0.310 e. The number of pyridine rings is 1. The van der Waals surface area contributed by atoms with Crippen molar-refractivity contribution in [1.82, 2.24) is 10.3 Å². The quantitative estimate of drug-likeness (QED) is 0.873. The molecule has 0 unspecified atom stereocenters. The molecule has 1 amide bonds. The van der Waals surface area contributed by atoms with Crippen LogP contribution in [0, 0.1) is 5.41 Å². The summed E-state index contributed by atoms with van der Waals surface area (Å²) in [5.41, 5.74) is -0.106. The molecule has 2 rings (SSSR count). The predicted molar refractivity (Wildman–Crippen MR) is 78.6 cm³/mol. The average Bonchev–Trinajstić information content (AvgIpc) is 2.48. The third-order valence-corrected chi connectivity index (χ3v) is 4.27. The minimum absolute atomic E-state index is 0.0551. The summed E-state index contributed by atoms with van der Waals surface area (Å²) in [6.45, 7) is 1.86. The van der Waals surface area contributed by atoms with Gasteiger partial charge < -0.3 is 10.4 Å². The molecule has 0 aliphatic heterocycles. The first-order valence-electron chi connectivity index (χ1n) is 7.47. The van der Waals surface area contributed by atoms with Gasteiger partial charge in [-0.1, -0.05) is 25.3 Å². The summed E-state index contributed by atoms with van der Waals surface area (Å²) in [6.07, 6.45) is 5.74. The molecular formula is C16H22N2O3. The molecule has 0 aromatic carbocycles. The van der Waals surface area contributed by atoms with Gasteiger partial charge in [0.15, 0.2) is 0 Å². The number of rotatable bonds is 5. The largest absolute Gasteiger partial charge is 0.481 e. The molecule has 1 fully saturated rings. The van der Waals surface area contributed by atoms with E-state index in [0.29, 0.717) is 12.8 Å². The molecule has 0 saturated heterocycles. The Morgan fingerprint density at radius 2 is 2.05 bits per heavy atom. The van der Waals surface area contributed by atoms with Crippen LogP contribution in [0.3, 0.4) is 0 Å². The fourth-order valence-corrected chi connectivity index (χ4v) is 3.00. The van der Waals surface area contributed by atoms with Gasteiger partial charge in [-0.3, -0.25) is 14.6 Å². The maximum atomic E-state index is 12.2. The number of amides is 1. The van der Waals surface area contributed by atoms with E-state index < -0.39 is 11.4 Å². The van der Waals surface area contributed by atoms with Gasteiger partial charge >= 0.3 is 5.97 Å². The molecule has 2 N–H and O–H groups in total. The van der Waals surface area contributed by atoms with Gasteiger partial charge in [-0.15, -0.1) is 0 Å². The minimum atomic E-state index is -0.883. The van der Waals surface area contributed by atoms with Gasteiger partial charge in [-0.25, -0.2) is 0 Å². The summed E-state index contributed by atoms with van der Waals surface area (Å²) < 4.78 is 0. The van der Waals surface area contributed by atoms with E-state index >= 15 is 0 Å². The van der Waals surface area contributed by atoms with E-state index in [1.165, 1.54) is 0 Å². The zero-order valence-electron chi connectivity index (χ0n) is 12.3. The third kappa shape index (κ3) is 3.80. The highest BCUT2D eigenvalue weighted by atomic mass is 16.4. The highest BCUT2D eigenvalue weighted by molar-refractivity contribution is 5.85. The number of carboxylic acids is 1. The lowest BCUT2D eigenvalue weighted by Crippen LogP contribution is -2.39. The summed E-state index contributed by atoms with van der Waals surface area (Å²) in [6, 6.07) is 5.32. The van der Waals surface area contributed by atoms with Crippen LogP contribution in [0.15, 0.2) is 24.4 Å². The highest BCUT2D eigenvalue weighted by Crippen LogP contribution is 2.39. The SMILES string of the molecule is C[C@@H](NC(=O)CC1(C(=O)O)CCCCC1)c1ccccn1. The van der Waals surface area contributed by atoms with E-state index in [0.717, 1.165) is 25.0 Å². The number of aliphatic carboxylic acids is 1. The lowest BCUT2D eigenvalue weighted by molar-refractivity contribution is -0.154.